The fourth-order valence-corrected chi connectivity index (χ4v) is 4.04. The highest BCUT2D eigenvalue weighted by molar-refractivity contribution is 6.35. The lowest BCUT2D eigenvalue weighted by Gasteiger charge is -2.26. The second-order valence-corrected chi connectivity index (χ2v) is 8.18. The number of H-pyrrole nitrogens is 1. The summed E-state index contributed by atoms with van der Waals surface area (Å²) in [6, 6.07) is 14.4. The van der Waals surface area contributed by atoms with Crippen LogP contribution >= 0.6 is 11.6 Å². The number of aromatic nitrogens is 6. The van der Waals surface area contributed by atoms with Crippen LogP contribution in [0.4, 0.5) is 5.82 Å². The largest absolute Gasteiger partial charge is 0.358 e. The summed E-state index contributed by atoms with van der Waals surface area (Å²) in [5, 5.41) is 4.23. The molecular weight excluding hydrogens is 426 g/mol. The average Bonchev–Trinajstić information content (AvgIpc) is 3.27. The Kier molecular flexibility index (Phi) is 5.07. The van der Waals surface area contributed by atoms with Crippen molar-refractivity contribution in [2.45, 2.75) is 19.9 Å². The van der Waals surface area contributed by atoms with Crippen molar-refractivity contribution in [1.29, 1.82) is 0 Å². The van der Waals surface area contributed by atoms with E-state index in [9.17, 15) is 4.79 Å². The predicted molar refractivity (Wildman–Crippen MR) is 125 cm³/mol. The summed E-state index contributed by atoms with van der Waals surface area (Å²) in [6.45, 7) is 4.12. The van der Waals surface area contributed by atoms with Crippen LogP contribution in [0.3, 0.4) is 0 Å². The summed E-state index contributed by atoms with van der Waals surface area (Å²) in [7, 11) is 0. The van der Waals surface area contributed by atoms with Gasteiger partial charge in [-0.3, -0.25) is 9.36 Å². The monoisotopic (exact) mass is 445 g/mol. The maximum absolute atomic E-state index is 13.7. The molecule has 0 bridgehead atoms. The summed E-state index contributed by atoms with van der Waals surface area (Å²) in [4.78, 5) is 34.4. The highest BCUT2D eigenvalue weighted by Crippen LogP contribution is 2.30. The lowest BCUT2D eigenvalue weighted by Crippen LogP contribution is -2.30. The van der Waals surface area contributed by atoms with E-state index in [1.165, 1.54) is 6.33 Å². The van der Waals surface area contributed by atoms with E-state index in [-0.39, 0.29) is 17.5 Å². The number of nitrogens with zero attached hydrogens (tertiary/aromatic N) is 5. The van der Waals surface area contributed by atoms with Crippen LogP contribution in [0.1, 0.15) is 25.7 Å². The number of rotatable bonds is 5. The van der Waals surface area contributed by atoms with Gasteiger partial charge in [0.05, 0.1) is 34.0 Å². The van der Waals surface area contributed by atoms with Crippen LogP contribution in [-0.4, -0.2) is 29.5 Å². The van der Waals surface area contributed by atoms with Crippen molar-refractivity contribution < 1.29 is 0 Å². The van der Waals surface area contributed by atoms with Gasteiger partial charge < -0.3 is 10.3 Å². The third kappa shape index (κ3) is 3.38. The van der Waals surface area contributed by atoms with Crippen LogP contribution in [0, 0.1) is 5.92 Å². The summed E-state index contributed by atoms with van der Waals surface area (Å²) < 4.78 is 1.62. The lowest BCUT2D eigenvalue weighted by molar-refractivity contribution is 0.509. The zero-order valence-corrected chi connectivity index (χ0v) is 18.2. The van der Waals surface area contributed by atoms with Gasteiger partial charge in [-0.2, -0.15) is 0 Å². The average molecular weight is 446 g/mol. The first kappa shape index (κ1) is 20.1. The van der Waals surface area contributed by atoms with Crippen LogP contribution in [0.5, 0.6) is 0 Å². The molecule has 0 saturated carbocycles. The first-order chi connectivity index (χ1) is 15.5. The summed E-state index contributed by atoms with van der Waals surface area (Å²) in [5.41, 5.74) is 2.29. The highest BCUT2D eigenvalue weighted by atomic mass is 35.5. The van der Waals surface area contributed by atoms with Crippen LogP contribution in [0.2, 0.25) is 5.02 Å². The van der Waals surface area contributed by atoms with Gasteiger partial charge in [0.15, 0.2) is 11.5 Å². The molecule has 5 aromatic rings. The third-order valence-corrected chi connectivity index (χ3v) is 5.66. The Hall–Kier alpha value is -3.78. The van der Waals surface area contributed by atoms with Crippen molar-refractivity contribution in [2.75, 3.05) is 5.32 Å². The smallest absolute Gasteiger partial charge is 0.267 e. The third-order valence-electron chi connectivity index (χ3n) is 5.35. The fourth-order valence-electron chi connectivity index (χ4n) is 3.79. The van der Waals surface area contributed by atoms with Crippen molar-refractivity contribution in [1.82, 2.24) is 29.5 Å². The number of anilines is 1. The summed E-state index contributed by atoms with van der Waals surface area (Å²) in [5.74, 6) is 1.23. The van der Waals surface area contributed by atoms with Crippen molar-refractivity contribution >= 4 is 39.5 Å². The fraction of sp³-hybridized carbons (Fsp3) is 0.174. The summed E-state index contributed by atoms with van der Waals surface area (Å²) in [6.07, 6.45) is 3.03. The molecule has 1 atom stereocenters. The van der Waals surface area contributed by atoms with E-state index in [2.05, 4.69) is 39.1 Å². The van der Waals surface area contributed by atoms with Crippen molar-refractivity contribution in [3.8, 4) is 5.69 Å². The maximum atomic E-state index is 13.7. The molecule has 0 aliphatic carbocycles. The predicted octanol–water partition coefficient (Wildman–Crippen LogP) is 4.51. The van der Waals surface area contributed by atoms with Gasteiger partial charge in [0, 0.05) is 0 Å². The van der Waals surface area contributed by atoms with Crippen LogP contribution in [0.25, 0.3) is 27.8 Å². The molecule has 0 saturated heterocycles. The molecule has 9 heteroatoms. The number of hydrogen-bond donors (Lipinski definition) is 2. The molecule has 3 heterocycles. The van der Waals surface area contributed by atoms with Crippen LogP contribution in [-0.2, 0) is 0 Å². The number of nitrogens with one attached hydrogen (secondary N) is 2. The molecule has 0 aliphatic rings. The molecule has 0 spiro atoms. The molecule has 32 heavy (non-hydrogen) atoms. The first-order valence-corrected chi connectivity index (χ1v) is 10.6. The Morgan fingerprint density at radius 2 is 1.84 bits per heavy atom. The van der Waals surface area contributed by atoms with Crippen molar-refractivity contribution in [3.05, 3.63) is 82.4 Å². The van der Waals surface area contributed by atoms with Gasteiger partial charge in [-0.15, -0.1) is 0 Å². The molecule has 3 aromatic heterocycles. The normalized spacial score (nSPS) is 12.5. The number of halogens is 1. The molecule has 0 amide bonds. The van der Waals surface area contributed by atoms with Gasteiger partial charge >= 0.3 is 0 Å². The van der Waals surface area contributed by atoms with Gasteiger partial charge in [-0.25, -0.2) is 19.9 Å². The second kappa shape index (κ2) is 8.05. The van der Waals surface area contributed by atoms with Gasteiger partial charge in [0.25, 0.3) is 5.56 Å². The van der Waals surface area contributed by atoms with E-state index in [0.29, 0.717) is 44.4 Å². The molecule has 0 aliphatic heterocycles. The van der Waals surface area contributed by atoms with Crippen LogP contribution in [0.15, 0.2) is 66.0 Å². The van der Waals surface area contributed by atoms with E-state index in [1.807, 2.05) is 30.3 Å². The second-order valence-electron chi connectivity index (χ2n) is 7.77. The Balaban J connectivity index is 1.77. The van der Waals surface area contributed by atoms with E-state index >= 15 is 0 Å². The Labute approximate surface area is 188 Å². The molecule has 0 radical (unpaired) electrons. The minimum atomic E-state index is -0.340. The molecule has 2 aromatic carbocycles. The van der Waals surface area contributed by atoms with Crippen molar-refractivity contribution in [2.24, 2.45) is 5.92 Å². The molecule has 160 valence electrons. The van der Waals surface area contributed by atoms with Gasteiger partial charge in [-0.05, 0) is 30.2 Å². The van der Waals surface area contributed by atoms with Gasteiger partial charge in [0.2, 0.25) is 0 Å². The minimum Gasteiger partial charge on any atom is -0.358 e. The number of fused-ring (bicyclic) bond motifs is 2. The van der Waals surface area contributed by atoms with Crippen LogP contribution < -0.4 is 10.9 Å². The number of hydrogen-bond acceptors (Lipinski definition) is 6. The Bertz CT molecular complexity index is 1480. The number of benzene rings is 2. The standard InChI is InChI=1S/C23H20ClN7O/c1-13(2)18(30-21-19-20(26-11-25-19)27-12-28-21)22-29-16-10-6-9-15(24)17(16)23(32)31(22)14-7-4-3-5-8-14/h3-13,18H,1-2H3,(H2,25,26,27,28,30)/t18-/m1/s1. The number of aromatic amines is 1. The van der Waals surface area contributed by atoms with Gasteiger partial charge in [0.1, 0.15) is 17.7 Å². The zero-order valence-electron chi connectivity index (χ0n) is 17.5. The quantitative estimate of drug-likeness (QED) is 0.412. The van der Waals surface area contributed by atoms with E-state index < -0.39 is 0 Å². The SMILES string of the molecule is CC(C)[C@@H](Nc1ncnc2nc[nH]c12)c1nc2cccc(Cl)c2c(=O)n1-c1ccccc1. The minimum absolute atomic E-state index is 0.0708. The van der Waals surface area contributed by atoms with Crippen molar-refractivity contribution in [3.63, 3.8) is 0 Å². The summed E-state index contributed by atoms with van der Waals surface area (Å²) >= 11 is 6.40. The molecule has 2 N–H and O–H groups in total. The molecular formula is C23H20ClN7O. The number of para-hydroxylation sites is 1. The van der Waals surface area contributed by atoms with E-state index in [1.54, 1.807) is 29.1 Å². The van der Waals surface area contributed by atoms with Gasteiger partial charge in [-0.1, -0.05) is 49.7 Å². The maximum Gasteiger partial charge on any atom is 0.267 e. The Morgan fingerprint density at radius 3 is 2.62 bits per heavy atom. The molecule has 0 fully saturated rings. The molecule has 5 rings (SSSR count). The topological polar surface area (TPSA) is 101 Å². The first-order valence-electron chi connectivity index (χ1n) is 10.2. The lowest BCUT2D eigenvalue weighted by atomic mass is 10.0. The highest BCUT2D eigenvalue weighted by Gasteiger charge is 2.26. The Morgan fingerprint density at radius 1 is 1.03 bits per heavy atom. The van der Waals surface area contributed by atoms with E-state index in [4.69, 9.17) is 16.6 Å². The zero-order chi connectivity index (χ0) is 22.2. The number of imidazole rings is 1. The molecule has 0 unspecified atom stereocenters. The molecule has 8 nitrogen and oxygen atoms in total. The van der Waals surface area contributed by atoms with E-state index in [0.717, 1.165) is 0 Å².